The first-order chi connectivity index (χ1) is 6.31. The molecule has 0 bridgehead atoms. The molecule has 0 N–H and O–H groups in total. The molecule has 76 valence electrons. The molecule has 0 heterocycles. The van der Waals surface area contributed by atoms with E-state index < -0.39 is 0 Å². The third kappa shape index (κ3) is 9.12. The highest BCUT2D eigenvalue weighted by Crippen LogP contribution is 2.03. The molecule has 0 spiro atoms. The first-order valence-electron chi connectivity index (χ1n) is 5.08. The van der Waals surface area contributed by atoms with E-state index in [1.165, 1.54) is 12.8 Å². The Morgan fingerprint density at radius 2 is 2.08 bits per heavy atom. The Kier molecular flexibility index (Phi) is 8.73. The van der Waals surface area contributed by atoms with E-state index in [-0.39, 0.29) is 5.97 Å². The average molecular weight is 184 g/mol. The van der Waals surface area contributed by atoms with Gasteiger partial charge in [0.25, 0.3) is 0 Å². The third-order valence-corrected chi connectivity index (χ3v) is 1.81. The van der Waals surface area contributed by atoms with E-state index in [1.807, 2.05) is 19.1 Å². The van der Waals surface area contributed by atoms with Gasteiger partial charge in [0.1, 0.15) is 6.61 Å². The molecular formula is C11H20O2. The second-order valence-corrected chi connectivity index (χ2v) is 3.06. The summed E-state index contributed by atoms with van der Waals surface area (Å²) >= 11 is 0. The van der Waals surface area contributed by atoms with Crippen molar-refractivity contribution in [3.63, 3.8) is 0 Å². The van der Waals surface area contributed by atoms with E-state index >= 15 is 0 Å². The maximum Gasteiger partial charge on any atom is 0.306 e. The fourth-order valence-electron chi connectivity index (χ4n) is 1.01. The van der Waals surface area contributed by atoms with Gasteiger partial charge in [-0.05, 0) is 13.3 Å². The van der Waals surface area contributed by atoms with Crippen molar-refractivity contribution < 1.29 is 9.53 Å². The Balaban J connectivity index is 3.20. The van der Waals surface area contributed by atoms with Crippen LogP contribution in [0.5, 0.6) is 0 Å². The molecule has 0 aromatic heterocycles. The minimum Gasteiger partial charge on any atom is -0.461 e. The second kappa shape index (κ2) is 9.30. The number of esters is 1. The molecule has 0 aromatic carbocycles. The van der Waals surface area contributed by atoms with E-state index in [2.05, 4.69) is 6.92 Å². The van der Waals surface area contributed by atoms with Gasteiger partial charge in [-0.2, -0.15) is 0 Å². The highest BCUT2D eigenvalue weighted by molar-refractivity contribution is 5.69. The van der Waals surface area contributed by atoms with Crippen molar-refractivity contribution in [2.75, 3.05) is 6.61 Å². The summed E-state index contributed by atoms with van der Waals surface area (Å²) < 4.78 is 4.94. The van der Waals surface area contributed by atoms with E-state index in [0.29, 0.717) is 13.0 Å². The van der Waals surface area contributed by atoms with Gasteiger partial charge in [0.05, 0.1) is 0 Å². The number of hydrogen-bond acceptors (Lipinski definition) is 2. The van der Waals surface area contributed by atoms with Crippen LogP contribution < -0.4 is 0 Å². The van der Waals surface area contributed by atoms with Crippen molar-refractivity contribution in [3.8, 4) is 0 Å². The first-order valence-corrected chi connectivity index (χ1v) is 5.08. The molecule has 0 radical (unpaired) electrons. The number of carbonyl (C=O) groups excluding carboxylic acids is 1. The molecule has 0 aliphatic heterocycles. The summed E-state index contributed by atoms with van der Waals surface area (Å²) in [5.74, 6) is -0.0748. The lowest BCUT2D eigenvalue weighted by Gasteiger charge is -2.00. The smallest absolute Gasteiger partial charge is 0.306 e. The monoisotopic (exact) mass is 184 g/mol. The Morgan fingerprint density at radius 3 is 2.69 bits per heavy atom. The standard InChI is InChI=1S/C11H20O2/c1-3-5-7-8-9-11(12)13-10-6-4-2/h4,6H,3,5,7-10H2,1-2H3/b6-4+. The van der Waals surface area contributed by atoms with Crippen molar-refractivity contribution >= 4 is 5.97 Å². The van der Waals surface area contributed by atoms with Gasteiger partial charge in [-0.15, -0.1) is 0 Å². The summed E-state index contributed by atoms with van der Waals surface area (Å²) in [5, 5.41) is 0. The number of carbonyl (C=O) groups is 1. The van der Waals surface area contributed by atoms with Crippen molar-refractivity contribution in [1.82, 2.24) is 0 Å². The Labute approximate surface area is 81.0 Å². The van der Waals surface area contributed by atoms with Crippen LogP contribution in [-0.2, 0) is 9.53 Å². The van der Waals surface area contributed by atoms with Gasteiger partial charge < -0.3 is 4.74 Å². The second-order valence-electron chi connectivity index (χ2n) is 3.06. The minimum atomic E-state index is -0.0748. The molecule has 0 saturated carbocycles. The Hall–Kier alpha value is -0.790. The number of allylic oxidation sites excluding steroid dienone is 1. The van der Waals surface area contributed by atoms with Gasteiger partial charge in [0.2, 0.25) is 0 Å². The topological polar surface area (TPSA) is 26.3 Å². The van der Waals surface area contributed by atoms with E-state index in [1.54, 1.807) is 0 Å². The molecule has 0 aliphatic rings. The molecule has 0 saturated heterocycles. The van der Waals surface area contributed by atoms with E-state index in [9.17, 15) is 4.79 Å². The summed E-state index contributed by atoms with van der Waals surface area (Å²) in [6.07, 6.45) is 8.79. The summed E-state index contributed by atoms with van der Waals surface area (Å²) in [7, 11) is 0. The maximum atomic E-state index is 11.0. The Morgan fingerprint density at radius 1 is 1.31 bits per heavy atom. The van der Waals surface area contributed by atoms with Crippen LogP contribution in [-0.4, -0.2) is 12.6 Å². The Bertz CT molecular complexity index is 150. The van der Waals surface area contributed by atoms with Crippen molar-refractivity contribution in [2.24, 2.45) is 0 Å². The van der Waals surface area contributed by atoms with Crippen LogP contribution in [0.3, 0.4) is 0 Å². The van der Waals surface area contributed by atoms with Crippen molar-refractivity contribution in [1.29, 1.82) is 0 Å². The molecule has 0 rings (SSSR count). The van der Waals surface area contributed by atoms with E-state index in [4.69, 9.17) is 4.74 Å². The van der Waals surface area contributed by atoms with E-state index in [0.717, 1.165) is 12.8 Å². The average Bonchev–Trinajstić information content (AvgIpc) is 2.13. The summed E-state index contributed by atoms with van der Waals surface area (Å²) in [5.41, 5.74) is 0. The van der Waals surface area contributed by atoms with Crippen LogP contribution in [0.25, 0.3) is 0 Å². The van der Waals surface area contributed by atoms with Gasteiger partial charge in [0.15, 0.2) is 0 Å². The summed E-state index contributed by atoms with van der Waals surface area (Å²) in [6.45, 7) is 4.49. The molecule has 2 heteroatoms. The lowest BCUT2D eigenvalue weighted by Crippen LogP contribution is -2.03. The summed E-state index contributed by atoms with van der Waals surface area (Å²) in [6, 6.07) is 0. The molecule has 2 nitrogen and oxygen atoms in total. The highest BCUT2D eigenvalue weighted by atomic mass is 16.5. The number of ether oxygens (including phenoxy) is 1. The molecule has 0 unspecified atom stereocenters. The molecule has 13 heavy (non-hydrogen) atoms. The number of hydrogen-bond donors (Lipinski definition) is 0. The third-order valence-electron chi connectivity index (χ3n) is 1.81. The van der Waals surface area contributed by atoms with Gasteiger partial charge in [0, 0.05) is 6.42 Å². The van der Waals surface area contributed by atoms with Crippen molar-refractivity contribution in [3.05, 3.63) is 12.2 Å². The van der Waals surface area contributed by atoms with Crippen LogP contribution >= 0.6 is 0 Å². The fraction of sp³-hybridized carbons (Fsp3) is 0.727. The van der Waals surface area contributed by atoms with Gasteiger partial charge in [-0.25, -0.2) is 0 Å². The highest BCUT2D eigenvalue weighted by Gasteiger charge is 1.99. The van der Waals surface area contributed by atoms with Crippen LogP contribution in [0.1, 0.15) is 46.0 Å². The minimum absolute atomic E-state index is 0.0748. The molecule has 0 atom stereocenters. The lowest BCUT2D eigenvalue weighted by atomic mass is 10.2. The largest absolute Gasteiger partial charge is 0.461 e. The van der Waals surface area contributed by atoms with Gasteiger partial charge in [-0.1, -0.05) is 38.3 Å². The van der Waals surface area contributed by atoms with Crippen LogP contribution in [0.4, 0.5) is 0 Å². The fourth-order valence-corrected chi connectivity index (χ4v) is 1.01. The molecule has 0 fully saturated rings. The number of unbranched alkanes of at least 4 members (excludes halogenated alkanes) is 3. The predicted molar refractivity (Wildman–Crippen MR) is 54.5 cm³/mol. The molecule has 0 amide bonds. The van der Waals surface area contributed by atoms with Gasteiger partial charge in [-0.3, -0.25) is 4.79 Å². The molecule has 0 aliphatic carbocycles. The van der Waals surface area contributed by atoms with Crippen LogP contribution in [0, 0.1) is 0 Å². The van der Waals surface area contributed by atoms with Crippen LogP contribution in [0.15, 0.2) is 12.2 Å². The predicted octanol–water partition coefficient (Wildman–Crippen LogP) is 3.08. The molecular weight excluding hydrogens is 164 g/mol. The van der Waals surface area contributed by atoms with Crippen molar-refractivity contribution in [2.45, 2.75) is 46.0 Å². The zero-order valence-electron chi connectivity index (χ0n) is 8.71. The quantitative estimate of drug-likeness (QED) is 0.345. The first kappa shape index (κ1) is 12.2. The maximum absolute atomic E-state index is 11.0. The zero-order chi connectivity index (χ0) is 9.94. The van der Waals surface area contributed by atoms with Gasteiger partial charge >= 0.3 is 5.97 Å². The SMILES string of the molecule is C/C=C/COC(=O)CCCCCC. The summed E-state index contributed by atoms with van der Waals surface area (Å²) in [4.78, 5) is 11.0. The lowest BCUT2D eigenvalue weighted by molar-refractivity contribution is -0.142. The normalized spacial score (nSPS) is 10.6. The zero-order valence-corrected chi connectivity index (χ0v) is 8.71. The van der Waals surface area contributed by atoms with Crippen LogP contribution in [0.2, 0.25) is 0 Å². The number of rotatable bonds is 7. The molecule has 0 aromatic rings.